The van der Waals surface area contributed by atoms with Crippen LogP contribution in [0.5, 0.6) is 0 Å². The molecule has 0 saturated carbocycles. The first kappa shape index (κ1) is 31.9. The quantitative estimate of drug-likeness (QED) is 0.172. The van der Waals surface area contributed by atoms with E-state index in [1.54, 1.807) is 0 Å². The largest absolute Gasteiger partial charge is 0.455 e. The van der Waals surface area contributed by atoms with Crippen LogP contribution in [-0.4, -0.2) is 19.5 Å². The first-order chi connectivity index (χ1) is 27.8. The third-order valence-corrected chi connectivity index (χ3v) is 10.7. The molecule has 0 aliphatic carbocycles. The lowest BCUT2D eigenvalue weighted by Gasteiger charge is -2.18. The standard InChI is InChI=1S/C51H32N4O/c1-4-16-33(17-5-1)36-30-31-42(45(32-36)55-44-28-12-10-22-38(44)40-25-14-24-37(47(40)55)34-18-6-2-7-19-34)50-52-49(35-20-8-3-9-21-35)53-51(54-50)43-27-15-26-41-39-23-11-13-29-46(39)56-48(41)43/h1-32H. The van der Waals surface area contributed by atoms with Crippen molar-refractivity contribution in [3.05, 3.63) is 194 Å². The van der Waals surface area contributed by atoms with Gasteiger partial charge in [-0.2, -0.15) is 0 Å². The van der Waals surface area contributed by atoms with Gasteiger partial charge in [0.25, 0.3) is 0 Å². The number of benzene rings is 8. The number of rotatable bonds is 6. The monoisotopic (exact) mass is 716 g/mol. The van der Waals surface area contributed by atoms with E-state index in [-0.39, 0.29) is 0 Å². The summed E-state index contributed by atoms with van der Waals surface area (Å²) in [7, 11) is 0. The van der Waals surface area contributed by atoms with Crippen LogP contribution in [0.2, 0.25) is 0 Å². The zero-order valence-electron chi connectivity index (χ0n) is 30.2. The molecule has 0 spiro atoms. The Bertz CT molecular complexity index is 3240. The average molecular weight is 717 g/mol. The molecule has 262 valence electrons. The van der Waals surface area contributed by atoms with Crippen molar-refractivity contribution in [1.29, 1.82) is 0 Å². The number of aromatic nitrogens is 4. The van der Waals surface area contributed by atoms with Crippen LogP contribution in [0.25, 0.3) is 106 Å². The molecule has 0 unspecified atom stereocenters. The van der Waals surface area contributed by atoms with Crippen molar-refractivity contribution in [3.63, 3.8) is 0 Å². The Morgan fingerprint density at radius 3 is 1.70 bits per heavy atom. The molecule has 8 aromatic carbocycles. The van der Waals surface area contributed by atoms with Crippen molar-refractivity contribution in [2.75, 3.05) is 0 Å². The van der Waals surface area contributed by atoms with Crippen molar-refractivity contribution >= 4 is 43.7 Å². The van der Waals surface area contributed by atoms with Crippen molar-refractivity contribution in [2.45, 2.75) is 0 Å². The molecule has 5 heteroatoms. The third-order valence-electron chi connectivity index (χ3n) is 10.7. The Morgan fingerprint density at radius 2 is 0.929 bits per heavy atom. The van der Waals surface area contributed by atoms with Crippen LogP contribution in [0.3, 0.4) is 0 Å². The number of furan rings is 1. The fraction of sp³-hybridized carbons (Fsp3) is 0. The molecular formula is C51H32N4O. The Labute approximate surface area is 322 Å². The Hall–Kier alpha value is -7.63. The highest BCUT2D eigenvalue weighted by atomic mass is 16.3. The molecule has 0 radical (unpaired) electrons. The first-order valence-electron chi connectivity index (χ1n) is 18.8. The number of hydrogen-bond donors (Lipinski definition) is 0. The zero-order chi connectivity index (χ0) is 37.0. The fourth-order valence-electron chi connectivity index (χ4n) is 8.09. The lowest BCUT2D eigenvalue weighted by molar-refractivity contribution is 0.669. The van der Waals surface area contributed by atoms with Gasteiger partial charge in [0, 0.05) is 38.2 Å². The molecule has 0 aliphatic rings. The highest BCUT2D eigenvalue weighted by Crippen LogP contribution is 2.42. The van der Waals surface area contributed by atoms with Gasteiger partial charge in [-0.3, -0.25) is 0 Å². The summed E-state index contributed by atoms with van der Waals surface area (Å²) in [5.41, 5.74) is 11.9. The molecule has 3 heterocycles. The Morgan fingerprint density at radius 1 is 0.357 bits per heavy atom. The van der Waals surface area contributed by atoms with Crippen LogP contribution in [0.4, 0.5) is 0 Å². The minimum Gasteiger partial charge on any atom is -0.455 e. The van der Waals surface area contributed by atoms with Gasteiger partial charge in [0.1, 0.15) is 11.2 Å². The summed E-state index contributed by atoms with van der Waals surface area (Å²) >= 11 is 0. The van der Waals surface area contributed by atoms with Gasteiger partial charge in [0.15, 0.2) is 17.5 Å². The number of hydrogen-bond acceptors (Lipinski definition) is 4. The molecule has 11 aromatic rings. The van der Waals surface area contributed by atoms with Crippen molar-refractivity contribution in [3.8, 4) is 62.1 Å². The minimum absolute atomic E-state index is 0.545. The van der Waals surface area contributed by atoms with Gasteiger partial charge < -0.3 is 8.98 Å². The lowest BCUT2D eigenvalue weighted by atomic mass is 10.00. The SMILES string of the molecule is c1ccc(-c2ccc(-c3nc(-c4ccccc4)nc(-c4cccc5c4oc4ccccc45)n3)c(-n3c4ccccc4c4cccc(-c5ccccc5)c43)c2)cc1. The predicted molar refractivity (Wildman–Crippen MR) is 229 cm³/mol. The predicted octanol–water partition coefficient (Wildman–Crippen LogP) is 13.2. The summed E-state index contributed by atoms with van der Waals surface area (Å²) in [6, 6.07) is 67.5. The molecule has 0 aliphatic heterocycles. The normalized spacial score (nSPS) is 11.6. The maximum Gasteiger partial charge on any atom is 0.167 e. The van der Waals surface area contributed by atoms with E-state index in [0.29, 0.717) is 17.5 Å². The van der Waals surface area contributed by atoms with Crippen molar-refractivity contribution in [2.24, 2.45) is 0 Å². The van der Waals surface area contributed by atoms with E-state index in [1.807, 2.05) is 54.6 Å². The van der Waals surface area contributed by atoms with Crippen LogP contribution in [-0.2, 0) is 0 Å². The van der Waals surface area contributed by atoms with E-state index in [4.69, 9.17) is 19.4 Å². The summed E-state index contributed by atoms with van der Waals surface area (Å²) < 4.78 is 8.93. The van der Waals surface area contributed by atoms with Gasteiger partial charge >= 0.3 is 0 Å². The first-order valence-corrected chi connectivity index (χ1v) is 18.8. The number of para-hydroxylation sites is 4. The third kappa shape index (κ3) is 5.21. The highest BCUT2D eigenvalue weighted by molar-refractivity contribution is 6.14. The topological polar surface area (TPSA) is 56.7 Å². The molecule has 0 amide bonds. The molecule has 0 atom stereocenters. The summed E-state index contributed by atoms with van der Waals surface area (Å²) in [6.45, 7) is 0. The summed E-state index contributed by atoms with van der Waals surface area (Å²) in [4.78, 5) is 15.7. The van der Waals surface area contributed by atoms with Gasteiger partial charge in [-0.1, -0.05) is 164 Å². The maximum absolute atomic E-state index is 6.52. The van der Waals surface area contributed by atoms with Crippen LogP contribution in [0.15, 0.2) is 199 Å². The van der Waals surface area contributed by atoms with Gasteiger partial charge in [-0.25, -0.2) is 15.0 Å². The molecule has 5 nitrogen and oxygen atoms in total. The highest BCUT2D eigenvalue weighted by Gasteiger charge is 2.23. The van der Waals surface area contributed by atoms with E-state index in [1.165, 1.54) is 10.8 Å². The second kappa shape index (κ2) is 13.0. The zero-order valence-corrected chi connectivity index (χ0v) is 30.2. The van der Waals surface area contributed by atoms with Crippen LogP contribution >= 0.6 is 0 Å². The van der Waals surface area contributed by atoms with E-state index in [0.717, 1.165) is 77.6 Å². The Balaban J connectivity index is 1.24. The van der Waals surface area contributed by atoms with E-state index in [2.05, 4.69) is 144 Å². The fourth-order valence-corrected chi connectivity index (χ4v) is 8.09. The Kier molecular flexibility index (Phi) is 7.42. The molecule has 11 rings (SSSR count). The second-order valence-corrected chi connectivity index (χ2v) is 14.0. The molecular weight excluding hydrogens is 685 g/mol. The molecule has 0 bridgehead atoms. The summed E-state index contributed by atoms with van der Waals surface area (Å²) in [6.07, 6.45) is 0. The van der Waals surface area contributed by atoms with Gasteiger partial charge in [-0.05, 0) is 47.0 Å². The van der Waals surface area contributed by atoms with Crippen molar-refractivity contribution in [1.82, 2.24) is 19.5 Å². The molecule has 56 heavy (non-hydrogen) atoms. The molecule has 0 N–H and O–H groups in total. The summed E-state index contributed by atoms with van der Waals surface area (Å²) in [5, 5.41) is 4.43. The number of nitrogens with zero attached hydrogens (tertiary/aromatic N) is 4. The lowest BCUT2D eigenvalue weighted by Crippen LogP contribution is -2.04. The summed E-state index contributed by atoms with van der Waals surface area (Å²) in [5.74, 6) is 1.70. The van der Waals surface area contributed by atoms with Gasteiger partial charge in [-0.15, -0.1) is 0 Å². The van der Waals surface area contributed by atoms with Crippen molar-refractivity contribution < 1.29 is 4.42 Å². The maximum atomic E-state index is 6.52. The average Bonchev–Trinajstić information content (AvgIpc) is 3.83. The van der Waals surface area contributed by atoms with E-state index >= 15 is 0 Å². The van der Waals surface area contributed by atoms with Crippen LogP contribution in [0, 0.1) is 0 Å². The molecule has 0 fully saturated rings. The molecule has 0 saturated heterocycles. The minimum atomic E-state index is 0.545. The number of fused-ring (bicyclic) bond motifs is 6. The van der Waals surface area contributed by atoms with E-state index < -0.39 is 0 Å². The second-order valence-electron chi connectivity index (χ2n) is 14.0. The van der Waals surface area contributed by atoms with Crippen LogP contribution < -0.4 is 0 Å². The molecule has 3 aromatic heterocycles. The van der Waals surface area contributed by atoms with Crippen LogP contribution in [0.1, 0.15) is 0 Å². The van der Waals surface area contributed by atoms with Gasteiger partial charge in [0.2, 0.25) is 0 Å². The van der Waals surface area contributed by atoms with E-state index in [9.17, 15) is 0 Å². The van der Waals surface area contributed by atoms with Gasteiger partial charge in [0.05, 0.1) is 22.3 Å². The smallest absolute Gasteiger partial charge is 0.167 e.